The number of nitrogens with one attached hydrogen (secondary N) is 1. The fourth-order valence-electron chi connectivity index (χ4n) is 3.75. The van der Waals surface area contributed by atoms with Gasteiger partial charge < -0.3 is 9.88 Å². The average molecular weight is 339 g/mol. The number of H-pyrrole nitrogens is 1. The highest BCUT2D eigenvalue weighted by Gasteiger charge is 2.34. The number of aromatic nitrogens is 2. The van der Waals surface area contributed by atoms with Gasteiger partial charge in [0.2, 0.25) is 5.91 Å². The van der Waals surface area contributed by atoms with Crippen LogP contribution in [-0.2, 0) is 16.6 Å². The van der Waals surface area contributed by atoms with Gasteiger partial charge in [0.25, 0.3) is 5.56 Å². The molecule has 1 aromatic heterocycles. The SMILES string of the molecule is Cc1nc(C)c(CC(=O)N2CCC[C@@](C)(c3ccccc3)C2)c(=O)[nH]1. The molecule has 0 saturated carbocycles. The first-order valence-corrected chi connectivity index (χ1v) is 8.79. The van der Waals surface area contributed by atoms with Gasteiger partial charge in [-0.2, -0.15) is 0 Å². The molecule has 132 valence electrons. The maximum Gasteiger partial charge on any atom is 0.254 e. The summed E-state index contributed by atoms with van der Waals surface area (Å²) in [4.78, 5) is 33.9. The molecule has 1 amide bonds. The molecule has 1 fully saturated rings. The molecular weight excluding hydrogens is 314 g/mol. The van der Waals surface area contributed by atoms with Crippen LogP contribution in [0.15, 0.2) is 35.1 Å². The minimum atomic E-state index is -0.207. The van der Waals surface area contributed by atoms with E-state index in [1.165, 1.54) is 5.56 Å². The minimum Gasteiger partial charge on any atom is -0.342 e. The van der Waals surface area contributed by atoms with Gasteiger partial charge in [-0.1, -0.05) is 37.3 Å². The average Bonchev–Trinajstić information content (AvgIpc) is 2.59. The summed E-state index contributed by atoms with van der Waals surface area (Å²) in [6.45, 7) is 7.18. The van der Waals surface area contributed by atoms with Gasteiger partial charge in [-0.05, 0) is 32.3 Å². The number of benzene rings is 1. The molecule has 1 aromatic carbocycles. The van der Waals surface area contributed by atoms with E-state index in [-0.39, 0.29) is 23.3 Å². The highest BCUT2D eigenvalue weighted by atomic mass is 16.2. The van der Waals surface area contributed by atoms with Crippen molar-refractivity contribution in [1.29, 1.82) is 0 Å². The number of amides is 1. The molecule has 5 heteroatoms. The predicted octanol–water partition coefficient (Wildman–Crippen LogP) is 2.51. The molecule has 25 heavy (non-hydrogen) atoms. The van der Waals surface area contributed by atoms with Gasteiger partial charge >= 0.3 is 0 Å². The molecular formula is C20H25N3O2. The molecule has 2 heterocycles. The fourth-order valence-corrected chi connectivity index (χ4v) is 3.75. The first kappa shape index (κ1) is 17.4. The molecule has 0 aliphatic carbocycles. The van der Waals surface area contributed by atoms with Gasteiger partial charge in [0.1, 0.15) is 5.82 Å². The van der Waals surface area contributed by atoms with Crippen molar-refractivity contribution in [3.05, 3.63) is 63.3 Å². The Bertz CT molecular complexity index is 829. The molecule has 0 spiro atoms. The monoisotopic (exact) mass is 339 g/mol. The van der Waals surface area contributed by atoms with Gasteiger partial charge in [0.05, 0.1) is 6.42 Å². The van der Waals surface area contributed by atoms with Crippen LogP contribution in [-0.4, -0.2) is 33.9 Å². The van der Waals surface area contributed by atoms with Crippen molar-refractivity contribution in [2.24, 2.45) is 0 Å². The molecule has 0 bridgehead atoms. The van der Waals surface area contributed by atoms with E-state index in [0.717, 1.165) is 19.4 Å². The van der Waals surface area contributed by atoms with Crippen LogP contribution in [0, 0.1) is 13.8 Å². The Hall–Kier alpha value is -2.43. The van der Waals surface area contributed by atoms with Crippen molar-refractivity contribution in [2.45, 2.75) is 45.4 Å². The van der Waals surface area contributed by atoms with Crippen LogP contribution >= 0.6 is 0 Å². The predicted molar refractivity (Wildman–Crippen MR) is 97.6 cm³/mol. The number of aromatic amines is 1. The van der Waals surface area contributed by atoms with E-state index in [9.17, 15) is 9.59 Å². The summed E-state index contributed by atoms with van der Waals surface area (Å²) < 4.78 is 0. The van der Waals surface area contributed by atoms with Crippen molar-refractivity contribution in [3.8, 4) is 0 Å². The number of nitrogens with zero attached hydrogens (tertiary/aromatic N) is 2. The van der Waals surface area contributed by atoms with Crippen LogP contribution in [0.3, 0.4) is 0 Å². The zero-order valence-electron chi connectivity index (χ0n) is 15.1. The highest BCUT2D eigenvalue weighted by molar-refractivity contribution is 5.79. The maximum absolute atomic E-state index is 12.8. The van der Waals surface area contributed by atoms with Crippen LogP contribution in [0.25, 0.3) is 0 Å². The van der Waals surface area contributed by atoms with Crippen molar-refractivity contribution in [3.63, 3.8) is 0 Å². The topological polar surface area (TPSA) is 66.1 Å². The third-order valence-electron chi connectivity index (χ3n) is 5.19. The van der Waals surface area contributed by atoms with E-state index in [1.807, 2.05) is 23.1 Å². The zero-order chi connectivity index (χ0) is 18.0. The van der Waals surface area contributed by atoms with Crippen LogP contribution in [0.2, 0.25) is 0 Å². The lowest BCUT2D eigenvalue weighted by molar-refractivity contribution is -0.132. The Balaban J connectivity index is 1.78. The lowest BCUT2D eigenvalue weighted by atomic mass is 9.76. The molecule has 2 aromatic rings. The van der Waals surface area contributed by atoms with Gasteiger partial charge in [-0.25, -0.2) is 4.98 Å². The Kier molecular flexibility index (Phi) is 4.75. The summed E-state index contributed by atoms with van der Waals surface area (Å²) in [5.74, 6) is 0.578. The molecule has 0 unspecified atom stereocenters. The van der Waals surface area contributed by atoms with Gasteiger partial charge in [0, 0.05) is 29.8 Å². The quantitative estimate of drug-likeness (QED) is 0.934. The van der Waals surface area contributed by atoms with E-state index in [2.05, 4.69) is 29.0 Å². The van der Waals surface area contributed by atoms with Crippen LogP contribution in [0.1, 0.15) is 42.4 Å². The molecule has 1 aliphatic heterocycles. The van der Waals surface area contributed by atoms with Gasteiger partial charge in [0.15, 0.2) is 0 Å². The summed E-state index contributed by atoms with van der Waals surface area (Å²) in [5, 5.41) is 0. The number of hydrogen-bond acceptors (Lipinski definition) is 3. The van der Waals surface area contributed by atoms with E-state index >= 15 is 0 Å². The molecule has 1 atom stereocenters. The smallest absolute Gasteiger partial charge is 0.254 e. The Labute approximate surface area is 148 Å². The summed E-state index contributed by atoms with van der Waals surface area (Å²) in [6, 6.07) is 10.4. The first-order chi connectivity index (χ1) is 11.9. The normalized spacial score (nSPS) is 20.5. The minimum absolute atomic E-state index is 0.00103. The number of hydrogen-bond donors (Lipinski definition) is 1. The second kappa shape index (κ2) is 6.82. The van der Waals surface area contributed by atoms with Gasteiger partial charge in [-0.15, -0.1) is 0 Å². The van der Waals surface area contributed by atoms with Crippen molar-refractivity contribution in [1.82, 2.24) is 14.9 Å². The summed E-state index contributed by atoms with van der Waals surface area (Å²) in [5.41, 5.74) is 2.13. The Morgan fingerprint density at radius 2 is 2.00 bits per heavy atom. The molecule has 1 saturated heterocycles. The molecule has 1 N–H and O–H groups in total. The number of likely N-dealkylation sites (tertiary alicyclic amines) is 1. The first-order valence-electron chi connectivity index (χ1n) is 8.79. The largest absolute Gasteiger partial charge is 0.342 e. The highest BCUT2D eigenvalue weighted by Crippen LogP contribution is 2.33. The number of aryl methyl sites for hydroxylation is 2. The third kappa shape index (κ3) is 3.65. The maximum atomic E-state index is 12.8. The molecule has 3 rings (SSSR count). The number of carbonyl (C=O) groups excluding carboxylic acids is 1. The Morgan fingerprint density at radius 1 is 1.28 bits per heavy atom. The summed E-state index contributed by atoms with van der Waals surface area (Å²) >= 11 is 0. The van der Waals surface area contributed by atoms with Crippen LogP contribution in [0.4, 0.5) is 0 Å². The second-order valence-electron chi connectivity index (χ2n) is 7.24. The lowest BCUT2D eigenvalue weighted by Gasteiger charge is -2.41. The standard InChI is InChI=1S/C20H25N3O2/c1-14-17(19(25)22-15(2)21-14)12-18(24)23-11-7-10-20(3,13-23)16-8-5-4-6-9-16/h4-6,8-9H,7,10-13H2,1-3H3,(H,21,22,25)/t20-/m1/s1. The van der Waals surface area contributed by atoms with Crippen molar-refractivity contribution < 1.29 is 4.79 Å². The van der Waals surface area contributed by atoms with Crippen LogP contribution < -0.4 is 5.56 Å². The fraction of sp³-hybridized carbons (Fsp3) is 0.450. The second-order valence-corrected chi connectivity index (χ2v) is 7.24. The Morgan fingerprint density at radius 3 is 2.68 bits per heavy atom. The van der Waals surface area contributed by atoms with Gasteiger partial charge in [-0.3, -0.25) is 9.59 Å². The third-order valence-corrected chi connectivity index (χ3v) is 5.19. The molecule has 0 radical (unpaired) electrons. The summed E-state index contributed by atoms with van der Waals surface area (Å²) in [7, 11) is 0. The van der Waals surface area contributed by atoms with E-state index in [1.54, 1.807) is 13.8 Å². The lowest BCUT2D eigenvalue weighted by Crippen LogP contribution is -2.48. The van der Waals surface area contributed by atoms with E-state index in [4.69, 9.17) is 0 Å². The zero-order valence-corrected chi connectivity index (χ0v) is 15.1. The summed E-state index contributed by atoms with van der Waals surface area (Å²) in [6.07, 6.45) is 2.14. The van der Waals surface area contributed by atoms with E-state index < -0.39 is 0 Å². The molecule has 1 aliphatic rings. The van der Waals surface area contributed by atoms with Crippen molar-refractivity contribution >= 4 is 5.91 Å². The number of rotatable bonds is 3. The van der Waals surface area contributed by atoms with Crippen molar-refractivity contribution in [2.75, 3.05) is 13.1 Å². The number of carbonyl (C=O) groups is 1. The van der Waals surface area contributed by atoms with Crippen LogP contribution in [0.5, 0.6) is 0 Å². The van der Waals surface area contributed by atoms with E-state index in [0.29, 0.717) is 23.6 Å². The number of piperidine rings is 1. The molecule has 5 nitrogen and oxygen atoms in total.